The van der Waals surface area contributed by atoms with Gasteiger partial charge in [0.1, 0.15) is 0 Å². The number of hydrogen-bond acceptors (Lipinski definition) is 1. The Bertz CT molecular complexity index is 239. The Labute approximate surface area is 89.2 Å². The highest BCUT2D eigenvalue weighted by Crippen LogP contribution is 2.44. The molecule has 1 saturated carbocycles. The van der Waals surface area contributed by atoms with E-state index in [0.29, 0.717) is 0 Å². The van der Waals surface area contributed by atoms with Gasteiger partial charge in [0.25, 0.3) is 0 Å². The first kappa shape index (κ1) is 10.2. The average Bonchev–Trinajstić information content (AvgIpc) is 2.71. The van der Waals surface area contributed by atoms with Crippen molar-refractivity contribution in [1.82, 2.24) is 0 Å². The van der Waals surface area contributed by atoms with Crippen LogP contribution in [0.5, 0.6) is 0 Å². The van der Waals surface area contributed by atoms with E-state index in [-0.39, 0.29) is 9.76 Å². The Balaban J connectivity index is 1.70. The third kappa shape index (κ3) is 2.18. The largest absolute Gasteiger partial charge is 0.419 e. The molecule has 0 radical (unpaired) electrons. The third-order valence-electron chi connectivity index (χ3n) is 3.46. The molecule has 78 valence electrons. The van der Waals surface area contributed by atoms with Crippen molar-refractivity contribution in [3.8, 4) is 0 Å². The average molecular weight is 208 g/mol. The first-order chi connectivity index (χ1) is 6.77. The van der Waals surface area contributed by atoms with E-state index in [1.54, 1.807) is 0 Å². The lowest BCUT2D eigenvalue weighted by Gasteiger charge is -2.15. The predicted octanol–water partition coefficient (Wildman–Crippen LogP) is 2.22. The highest BCUT2D eigenvalue weighted by Gasteiger charge is 2.37. The number of allylic oxidation sites excluding steroid dienone is 3. The van der Waals surface area contributed by atoms with E-state index < -0.39 is 0 Å². The van der Waals surface area contributed by atoms with Crippen LogP contribution in [0.15, 0.2) is 23.4 Å². The van der Waals surface area contributed by atoms with Crippen LogP contribution < -0.4 is 0 Å². The minimum atomic E-state index is -0.377. The van der Waals surface area contributed by atoms with Crippen molar-refractivity contribution in [3.63, 3.8) is 0 Å². The summed E-state index contributed by atoms with van der Waals surface area (Å²) in [5.74, 6) is 2.52. The van der Waals surface area contributed by atoms with Crippen LogP contribution >= 0.6 is 0 Å². The van der Waals surface area contributed by atoms with Crippen LogP contribution in [-0.2, 0) is 4.43 Å². The van der Waals surface area contributed by atoms with Crippen molar-refractivity contribution in [1.29, 1.82) is 0 Å². The maximum atomic E-state index is 5.83. The smallest absolute Gasteiger partial charge is 0.185 e. The van der Waals surface area contributed by atoms with E-state index in [9.17, 15) is 0 Å². The summed E-state index contributed by atoms with van der Waals surface area (Å²) >= 11 is 0. The van der Waals surface area contributed by atoms with Crippen LogP contribution in [0.3, 0.4) is 0 Å². The fourth-order valence-corrected chi connectivity index (χ4v) is 3.43. The minimum Gasteiger partial charge on any atom is -0.419 e. The Morgan fingerprint density at radius 3 is 2.50 bits per heavy atom. The molecule has 0 saturated heterocycles. The van der Waals surface area contributed by atoms with Gasteiger partial charge in [0.15, 0.2) is 9.76 Å². The third-order valence-corrected chi connectivity index (χ3v) is 4.91. The van der Waals surface area contributed by atoms with Gasteiger partial charge in [-0.1, -0.05) is 23.4 Å². The molecule has 2 atom stereocenters. The minimum absolute atomic E-state index is 0.377. The normalized spacial score (nSPS) is 34.6. The predicted molar refractivity (Wildman–Crippen MR) is 62.8 cm³/mol. The molecule has 2 unspecified atom stereocenters. The number of hydrogen-bond donors (Lipinski definition) is 0. The first-order valence-corrected chi connectivity index (χ1v) is 7.06. The Morgan fingerprint density at radius 2 is 2.00 bits per heavy atom. The molecule has 0 N–H and O–H groups in total. The zero-order chi connectivity index (χ0) is 9.97. The highest BCUT2D eigenvalue weighted by molar-refractivity contribution is 6.34. The molecule has 2 heteroatoms. The fraction of sp³-hybridized carbons (Fsp3) is 0.667. The summed E-state index contributed by atoms with van der Waals surface area (Å²) in [4.78, 5) is 0. The van der Waals surface area contributed by atoms with Gasteiger partial charge in [-0.25, -0.2) is 0 Å². The zero-order valence-electron chi connectivity index (χ0n) is 9.20. The van der Waals surface area contributed by atoms with E-state index in [4.69, 9.17) is 4.43 Å². The molecule has 2 bridgehead atoms. The van der Waals surface area contributed by atoms with E-state index in [2.05, 4.69) is 31.7 Å². The van der Waals surface area contributed by atoms with Crippen molar-refractivity contribution in [2.75, 3.05) is 6.61 Å². The van der Waals surface area contributed by atoms with Gasteiger partial charge in [0.05, 0.1) is 0 Å². The van der Waals surface area contributed by atoms with E-state index in [0.717, 1.165) is 24.4 Å². The second-order valence-corrected chi connectivity index (χ2v) is 5.92. The van der Waals surface area contributed by atoms with Gasteiger partial charge < -0.3 is 4.43 Å². The summed E-state index contributed by atoms with van der Waals surface area (Å²) in [5, 5.41) is 0. The van der Waals surface area contributed by atoms with Gasteiger partial charge >= 0.3 is 0 Å². The zero-order valence-corrected chi connectivity index (χ0v) is 10.6. The van der Waals surface area contributed by atoms with Gasteiger partial charge in [-0.05, 0) is 44.4 Å². The fourth-order valence-electron chi connectivity index (χ4n) is 2.57. The molecule has 0 aliphatic heterocycles. The van der Waals surface area contributed by atoms with Crippen LogP contribution in [0.2, 0.25) is 0 Å². The lowest BCUT2D eigenvalue weighted by molar-refractivity contribution is 0.231. The molecule has 14 heavy (non-hydrogen) atoms. The van der Waals surface area contributed by atoms with Crippen LogP contribution in [0.4, 0.5) is 0 Å². The van der Waals surface area contributed by atoms with Gasteiger partial charge in [-0.15, -0.1) is 0 Å². The van der Waals surface area contributed by atoms with Crippen LogP contribution in [0.25, 0.3) is 0 Å². The molecule has 2 rings (SSSR count). The molecule has 2 aliphatic carbocycles. The quantitative estimate of drug-likeness (QED) is 0.391. The first-order valence-electron chi connectivity index (χ1n) is 5.67. The van der Waals surface area contributed by atoms with Crippen molar-refractivity contribution < 1.29 is 4.43 Å². The van der Waals surface area contributed by atoms with Crippen molar-refractivity contribution >= 4 is 9.76 Å². The van der Waals surface area contributed by atoms with Crippen molar-refractivity contribution in [2.24, 2.45) is 17.8 Å². The van der Waals surface area contributed by atoms with Gasteiger partial charge in [0, 0.05) is 6.61 Å². The second-order valence-electron chi connectivity index (χ2n) is 4.77. The van der Waals surface area contributed by atoms with Crippen LogP contribution in [-0.4, -0.2) is 16.4 Å². The molecular weight excluding hydrogens is 188 g/mol. The summed E-state index contributed by atoms with van der Waals surface area (Å²) in [5.41, 5.74) is 3.70. The molecule has 0 aromatic heterocycles. The van der Waals surface area contributed by atoms with Gasteiger partial charge in [0.2, 0.25) is 0 Å². The van der Waals surface area contributed by atoms with Crippen molar-refractivity contribution in [3.05, 3.63) is 23.4 Å². The summed E-state index contributed by atoms with van der Waals surface area (Å²) in [6, 6.07) is 0. The topological polar surface area (TPSA) is 9.23 Å². The highest BCUT2D eigenvalue weighted by atomic mass is 28.2. The second kappa shape index (κ2) is 4.45. The molecule has 0 amide bonds. The Kier molecular flexibility index (Phi) is 3.24. The molecule has 0 heterocycles. The van der Waals surface area contributed by atoms with Crippen LogP contribution in [0.1, 0.15) is 26.7 Å². The lowest BCUT2D eigenvalue weighted by atomic mass is 9.98. The molecule has 2 aliphatic rings. The molecule has 0 spiro atoms. The number of rotatable bonds is 4. The number of fused-ring (bicyclic) bond motifs is 2. The lowest BCUT2D eigenvalue weighted by Crippen LogP contribution is -2.16. The van der Waals surface area contributed by atoms with Gasteiger partial charge in [-0.2, -0.15) is 0 Å². The maximum absolute atomic E-state index is 5.83. The SMILES string of the molecule is CC(C)=C[SiH2]OCC1C2C=CC1CC2. The standard InChI is InChI=1S/C12H20OSi/c1-9(2)8-14-13-7-12-10-3-4-11(12)6-5-10/h3-4,8,10-12H,5-7,14H2,1-2H3. The molecule has 1 nitrogen and oxygen atoms in total. The Morgan fingerprint density at radius 1 is 1.36 bits per heavy atom. The summed E-state index contributed by atoms with van der Waals surface area (Å²) in [7, 11) is -0.377. The van der Waals surface area contributed by atoms with E-state index in [1.165, 1.54) is 18.4 Å². The van der Waals surface area contributed by atoms with E-state index >= 15 is 0 Å². The monoisotopic (exact) mass is 208 g/mol. The van der Waals surface area contributed by atoms with E-state index in [1.807, 2.05) is 0 Å². The summed E-state index contributed by atoms with van der Waals surface area (Å²) in [6.07, 6.45) is 7.62. The molecule has 0 aromatic rings. The maximum Gasteiger partial charge on any atom is 0.185 e. The molecule has 1 fully saturated rings. The Hall–Kier alpha value is -0.343. The van der Waals surface area contributed by atoms with Crippen LogP contribution in [0, 0.1) is 17.8 Å². The van der Waals surface area contributed by atoms with Crippen molar-refractivity contribution in [2.45, 2.75) is 26.7 Å². The van der Waals surface area contributed by atoms with Gasteiger partial charge in [-0.3, -0.25) is 0 Å². The molecular formula is C12H20OSi. The summed E-state index contributed by atoms with van der Waals surface area (Å²) < 4.78 is 5.83. The molecule has 0 aromatic carbocycles. The summed E-state index contributed by atoms with van der Waals surface area (Å²) in [6.45, 7) is 5.31.